The molecule has 2 bridgehead atoms. The largest absolute Gasteiger partial charge is 0.417 e. The zero-order chi connectivity index (χ0) is 29.7. The summed E-state index contributed by atoms with van der Waals surface area (Å²) in [5.74, 6) is 2.22. The van der Waals surface area contributed by atoms with E-state index in [0.717, 1.165) is 38.7 Å². The molecular weight excluding hydrogens is 525 g/mol. The lowest BCUT2D eigenvalue weighted by atomic mass is 9.51. The molecule has 4 rings (SSSR count). The van der Waals surface area contributed by atoms with Crippen LogP contribution in [0.4, 0.5) is 0 Å². The molecule has 0 unspecified atom stereocenters. The molecular formula is C35H64O3Si2. The van der Waals surface area contributed by atoms with Gasteiger partial charge in [-0.25, -0.2) is 0 Å². The van der Waals surface area contributed by atoms with Crippen molar-refractivity contribution in [3.8, 4) is 0 Å². The normalized spacial score (nSPS) is 38.9. The molecule has 0 radical (unpaired) electrons. The Balaban J connectivity index is 1.65. The molecule has 0 heterocycles. The second-order valence-corrected chi connectivity index (χ2v) is 25.8. The van der Waals surface area contributed by atoms with Crippen LogP contribution in [0.15, 0.2) is 23.3 Å². The van der Waals surface area contributed by atoms with Gasteiger partial charge in [0.05, 0.1) is 11.7 Å². The average Bonchev–Trinajstić information content (AvgIpc) is 3.26. The molecule has 0 amide bonds. The van der Waals surface area contributed by atoms with Crippen LogP contribution in [0.2, 0.25) is 36.3 Å². The third kappa shape index (κ3) is 5.69. The van der Waals surface area contributed by atoms with Crippen LogP contribution in [0, 0.1) is 35.0 Å². The summed E-state index contributed by atoms with van der Waals surface area (Å²) in [5, 5.41) is 13.3. The molecule has 1 N–H and O–H groups in total. The maximum absolute atomic E-state index is 13.1. The number of aliphatic hydroxyl groups is 1. The Hall–Kier alpha value is -0.206. The van der Waals surface area contributed by atoms with E-state index in [-0.39, 0.29) is 22.5 Å². The van der Waals surface area contributed by atoms with Crippen molar-refractivity contribution in [2.24, 2.45) is 35.0 Å². The van der Waals surface area contributed by atoms with Gasteiger partial charge < -0.3 is 14.0 Å². The third-order valence-corrected chi connectivity index (χ3v) is 22.6. The first kappa shape index (κ1) is 32.7. The summed E-state index contributed by atoms with van der Waals surface area (Å²) in [6.45, 7) is 27.0. The highest BCUT2D eigenvalue weighted by atomic mass is 28.4. The fraction of sp³-hybridized carbons (Fsp3) is 0.886. The smallest absolute Gasteiger partial charge is 0.192 e. The van der Waals surface area contributed by atoms with E-state index < -0.39 is 22.2 Å². The van der Waals surface area contributed by atoms with Gasteiger partial charge in [0.25, 0.3) is 0 Å². The quantitative estimate of drug-likeness (QED) is 0.272. The fourth-order valence-electron chi connectivity index (χ4n) is 9.33. The Labute approximate surface area is 250 Å². The first-order valence-electron chi connectivity index (χ1n) is 17.0. The number of hydrogen-bond donors (Lipinski definition) is 1. The van der Waals surface area contributed by atoms with Crippen molar-refractivity contribution in [3.05, 3.63) is 23.3 Å². The van der Waals surface area contributed by atoms with Crippen molar-refractivity contribution >= 4 is 16.6 Å². The SMILES string of the molecule is CC[Si](CC)(CC)O[C@H]1[C@@H]2CC=C(C)/C(=C/C[C@@]3(O)[C@@H]4CC[C@H]([C@H](C)CO[Si](C)(C)C(C)(C)C)[C@@]4(C)CC[C@@H]13)C2. The van der Waals surface area contributed by atoms with Gasteiger partial charge in [-0.3, -0.25) is 0 Å². The Morgan fingerprint density at radius 1 is 1.05 bits per heavy atom. The van der Waals surface area contributed by atoms with Crippen LogP contribution in [-0.2, 0) is 8.85 Å². The minimum atomic E-state index is -1.82. The van der Waals surface area contributed by atoms with Gasteiger partial charge in [-0.15, -0.1) is 0 Å². The number of rotatable bonds is 9. The predicted molar refractivity (Wildman–Crippen MR) is 176 cm³/mol. The monoisotopic (exact) mass is 588 g/mol. The van der Waals surface area contributed by atoms with Gasteiger partial charge in [-0.1, -0.05) is 73.1 Å². The zero-order valence-corrected chi connectivity index (χ0v) is 30.2. The molecule has 0 aromatic rings. The maximum Gasteiger partial charge on any atom is 0.192 e. The van der Waals surface area contributed by atoms with Gasteiger partial charge in [0.2, 0.25) is 0 Å². The Morgan fingerprint density at radius 2 is 1.70 bits per heavy atom. The van der Waals surface area contributed by atoms with Gasteiger partial charge in [0.15, 0.2) is 16.6 Å². The van der Waals surface area contributed by atoms with E-state index in [4.69, 9.17) is 8.85 Å². The molecule has 0 aromatic heterocycles. The van der Waals surface area contributed by atoms with Gasteiger partial charge >= 0.3 is 0 Å². The van der Waals surface area contributed by atoms with Crippen molar-refractivity contribution in [2.45, 2.75) is 155 Å². The van der Waals surface area contributed by atoms with Gasteiger partial charge in [0, 0.05) is 12.5 Å². The minimum Gasteiger partial charge on any atom is -0.417 e. The van der Waals surface area contributed by atoms with Crippen molar-refractivity contribution in [3.63, 3.8) is 0 Å². The number of allylic oxidation sites excluding steroid dienone is 3. The topological polar surface area (TPSA) is 38.7 Å². The van der Waals surface area contributed by atoms with Crippen LogP contribution in [0.5, 0.6) is 0 Å². The number of fused-ring (bicyclic) bond motifs is 5. The van der Waals surface area contributed by atoms with E-state index in [1.54, 1.807) is 0 Å². The molecule has 0 spiro atoms. The summed E-state index contributed by atoms with van der Waals surface area (Å²) in [6, 6.07) is 3.54. The van der Waals surface area contributed by atoms with E-state index in [2.05, 4.69) is 87.6 Å². The van der Waals surface area contributed by atoms with Crippen molar-refractivity contribution in [2.75, 3.05) is 6.61 Å². The first-order valence-corrected chi connectivity index (χ1v) is 22.4. The maximum atomic E-state index is 13.1. The third-order valence-electron chi connectivity index (χ3n) is 13.4. The molecule has 0 saturated heterocycles. The highest BCUT2D eigenvalue weighted by Gasteiger charge is 2.63. The molecule has 4 aliphatic rings. The van der Waals surface area contributed by atoms with E-state index in [9.17, 15) is 5.11 Å². The van der Waals surface area contributed by atoms with Crippen molar-refractivity contribution in [1.29, 1.82) is 0 Å². The zero-order valence-electron chi connectivity index (χ0n) is 28.2. The summed E-state index contributed by atoms with van der Waals surface area (Å²) in [6.07, 6.45) is 12.8. The van der Waals surface area contributed by atoms with E-state index in [0.29, 0.717) is 23.7 Å². The second-order valence-electron chi connectivity index (χ2n) is 16.3. The van der Waals surface area contributed by atoms with Gasteiger partial charge in [0.1, 0.15) is 0 Å². The minimum absolute atomic E-state index is 0.165. The second kappa shape index (κ2) is 11.7. The van der Waals surface area contributed by atoms with Crippen LogP contribution >= 0.6 is 0 Å². The summed E-state index contributed by atoms with van der Waals surface area (Å²) < 4.78 is 14.3. The number of hydrogen-bond acceptors (Lipinski definition) is 3. The molecule has 4 aliphatic carbocycles. The average molecular weight is 589 g/mol. The fourth-order valence-corrected chi connectivity index (χ4v) is 13.4. The summed E-state index contributed by atoms with van der Waals surface area (Å²) in [7, 11) is -3.60. The molecule has 5 heteroatoms. The van der Waals surface area contributed by atoms with E-state index in [1.807, 2.05) is 0 Å². The molecule has 2 saturated carbocycles. The van der Waals surface area contributed by atoms with Crippen molar-refractivity contribution < 1.29 is 14.0 Å². The molecule has 230 valence electrons. The standard InChI is InChI=1S/C35H64O3Si2/c1-12-40(13-2,14-3)38-32-28-16-15-25(4)27(23-28)19-22-35(36)30(32)20-21-34(9)29(17-18-31(34)35)26(5)24-37-39(10,11)33(6,7)8/h15,19,26,28-32,36H,12-14,16-18,20-24H2,1-11H3/b27-19+/t26-,28-,29-,30+,31-,32+,34-,35+/m1/s1. The van der Waals surface area contributed by atoms with E-state index >= 15 is 0 Å². The van der Waals surface area contributed by atoms with Crippen LogP contribution in [0.25, 0.3) is 0 Å². The molecule has 8 atom stereocenters. The van der Waals surface area contributed by atoms with Crippen molar-refractivity contribution in [1.82, 2.24) is 0 Å². The lowest BCUT2D eigenvalue weighted by Crippen LogP contribution is -2.61. The van der Waals surface area contributed by atoms with Gasteiger partial charge in [-0.2, -0.15) is 0 Å². The lowest BCUT2D eigenvalue weighted by Gasteiger charge is -2.58. The first-order chi connectivity index (χ1) is 18.6. The van der Waals surface area contributed by atoms with E-state index in [1.165, 1.54) is 42.1 Å². The summed E-state index contributed by atoms with van der Waals surface area (Å²) >= 11 is 0. The Bertz CT molecular complexity index is 952. The van der Waals surface area contributed by atoms with Crippen LogP contribution in [0.1, 0.15) is 107 Å². The van der Waals surface area contributed by atoms with Gasteiger partial charge in [-0.05, 0) is 123 Å². The lowest BCUT2D eigenvalue weighted by molar-refractivity contribution is -0.179. The predicted octanol–water partition coefficient (Wildman–Crippen LogP) is 9.89. The highest BCUT2D eigenvalue weighted by Crippen LogP contribution is 2.65. The van der Waals surface area contributed by atoms with Crippen LogP contribution in [0.3, 0.4) is 0 Å². The highest BCUT2D eigenvalue weighted by molar-refractivity contribution is 6.74. The summed E-state index contributed by atoms with van der Waals surface area (Å²) in [4.78, 5) is 0. The molecule has 0 aromatic carbocycles. The Morgan fingerprint density at radius 3 is 2.30 bits per heavy atom. The molecule has 40 heavy (non-hydrogen) atoms. The molecule has 0 aliphatic heterocycles. The van der Waals surface area contributed by atoms with Crippen LogP contribution < -0.4 is 0 Å². The van der Waals surface area contributed by atoms with Crippen LogP contribution in [-0.4, -0.2) is 40.1 Å². The molecule has 3 nitrogen and oxygen atoms in total. The molecule has 2 fully saturated rings. The summed E-state index contributed by atoms with van der Waals surface area (Å²) in [5.41, 5.74) is 2.40. The Kier molecular flexibility index (Phi) is 9.57.